The fourth-order valence-corrected chi connectivity index (χ4v) is 3.98. The summed E-state index contributed by atoms with van der Waals surface area (Å²) in [6.45, 7) is 4.51. The number of ether oxygens (including phenoxy) is 1. The summed E-state index contributed by atoms with van der Waals surface area (Å²) in [6, 6.07) is 8.14. The second-order valence-electron chi connectivity index (χ2n) is 6.81. The van der Waals surface area contributed by atoms with E-state index in [1.807, 2.05) is 24.5 Å². The van der Waals surface area contributed by atoms with Gasteiger partial charge in [0.25, 0.3) is 0 Å². The number of anilines is 1. The number of para-hydroxylation sites is 1. The van der Waals surface area contributed by atoms with Crippen LogP contribution in [0.25, 0.3) is 11.3 Å². The van der Waals surface area contributed by atoms with Gasteiger partial charge in [-0.2, -0.15) is 4.98 Å². The highest BCUT2D eigenvalue weighted by molar-refractivity contribution is 7.98. The van der Waals surface area contributed by atoms with Gasteiger partial charge in [-0.1, -0.05) is 48.5 Å². The predicted octanol–water partition coefficient (Wildman–Crippen LogP) is 4.38. The molecule has 2 aliphatic rings. The lowest BCUT2D eigenvalue weighted by Gasteiger charge is -2.34. The van der Waals surface area contributed by atoms with Gasteiger partial charge in [0.15, 0.2) is 11.9 Å². The first-order valence-corrected chi connectivity index (χ1v) is 9.85. The first-order chi connectivity index (χ1) is 12.2. The van der Waals surface area contributed by atoms with E-state index in [2.05, 4.69) is 46.5 Å². The maximum Gasteiger partial charge on any atom is 0.247 e. The van der Waals surface area contributed by atoms with Crippen molar-refractivity contribution in [2.75, 3.05) is 11.6 Å². The number of hydrogen-bond acceptors (Lipinski definition) is 6. The van der Waals surface area contributed by atoms with Gasteiger partial charge < -0.3 is 10.1 Å². The first kappa shape index (κ1) is 16.4. The topological polar surface area (TPSA) is 59.9 Å². The monoisotopic (exact) mass is 354 g/mol. The number of thioether (sulfide) groups is 1. The van der Waals surface area contributed by atoms with E-state index in [9.17, 15) is 0 Å². The summed E-state index contributed by atoms with van der Waals surface area (Å²) in [5, 5.41) is 12.8. The van der Waals surface area contributed by atoms with Crippen LogP contribution in [0.5, 0.6) is 5.88 Å². The molecule has 1 aromatic heterocycles. The molecule has 6 heteroatoms. The van der Waals surface area contributed by atoms with Crippen LogP contribution in [-0.2, 0) is 0 Å². The number of allylic oxidation sites excluding steroid dienone is 2. The summed E-state index contributed by atoms with van der Waals surface area (Å²) in [4.78, 5) is 4.59. The Morgan fingerprint density at radius 1 is 1.24 bits per heavy atom. The molecule has 2 heterocycles. The SMILES string of the molecule is CSc1nnc2c(n1)O[C@H]([C@H]1CC=C(C)C[C@H]1C)Nc1ccccc1-2. The number of nitrogens with one attached hydrogen (secondary N) is 1. The van der Waals surface area contributed by atoms with Crippen molar-refractivity contribution < 1.29 is 4.74 Å². The van der Waals surface area contributed by atoms with Gasteiger partial charge in [0.1, 0.15) is 0 Å². The van der Waals surface area contributed by atoms with E-state index in [-0.39, 0.29) is 6.23 Å². The molecule has 2 aromatic rings. The Labute approximate surface area is 152 Å². The summed E-state index contributed by atoms with van der Waals surface area (Å²) >= 11 is 1.47. The second kappa shape index (κ2) is 6.67. The minimum Gasteiger partial charge on any atom is -0.452 e. The maximum atomic E-state index is 6.36. The molecule has 0 amide bonds. The van der Waals surface area contributed by atoms with Gasteiger partial charge in [-0.3, -0.25) is 0 Å². The fraction of sp³-hybridized carbons (Fsp3) is 0.421. The molecule has 0 spiro atoms. The highest BCUT2D eigenvalue weighted by Crippen LogP contribution is 2.40. The van der Waals surface area contributed by atoms with E-state index < -0.39 is 0 Å². The molecular formula is C19H22N4OS. The van der Waals surface area contributed by atoms with E-state index in [1.54, 1.807) is 0 Å². The van der Waals surface area contributed by atoms with E-state index in [0.29, 0.717) is 28.6 Å². The molecule has 0 radical (unpaired) electrons. The van der Waals surface area contributed by atoms with Crippen LogP contribution in [0.4, 0.5) is 5.69 Å². The fourth-order valence-electron chi connectivity index (χ4n) is 3.68. The van der Waals surface area contributed by atoms with Crippen molar-refractivity contribution in [1.82, 2.24) is 15.2 Å². The van der Waals surface area contributed by atoms with E-state index in [1.165, 1.54) is 17.3 Å². The zero-order valence-corrected chi connectivity index (χ0v) is 15.5. The predicted molar refractivity (Wildman–Crippen MR) is 101 cm³/mol. The zero-order chi connectivity index (χ0) is 17.4. The molecule has 1 aliphatic heterocycles. The van der Waals surface area contributed by atoms with E-state index >= 15 is 0 Å². The molecule has 0 saturated heterocycles. The van der Waals surface area contributed by atoms with Gasteiger partial charge in [-0.15, -0.1) is 10.2 Å². The molecule has 25 heavy (non-hydrogen) atoms. The molecule has 1 N–H and O–H groups in total. The molecule has 0 unspecified atom stereocenters. The Balaban J connectivity index is 1.77. The van der Waals surface area contributed by atoms with Crippen LogP contribution in [0.1, 0.15) is 26.7 Å². The van der Waals surface area contributed by atoms with E-state index in [4.69, 9.17) is 4.74 Å². The summed E-state index contributed by atoms with van der Waals surface area (Å²) < 4.78 is 6.36. The molecular weight excluding hydrogens is 332 g/mol. The molecule has 1 aliphatic carbocycles. The van der Waals surface area contributed by atoms with Gasteiger partial charge >= 0.3 is 0 Å². The largest absolute Gasteiger partial charge is 0.452 e. The van der Waals surface area contributed by atoms with Crippen molar-refractivity contribution in [3.05, 3.63) is 35.9 Å². The summed E-state index contributed by atoms with van der Waals surface area (Å²) in [5.74, 6) is 1.50. The third kappa shape index (κ3) is 3.11. The molecule has 130 valence electrons. The van der Waals surface area contributed by atoms with Crippen molar-refractivity contribution in [3.63, 3.8) is 0 Å². The second-order valence-corrected chi connectivity index (χ2v) is 7.59. The highest BCUT2D eigenvalue weighted by Gasteiger charge is 2.34. The standard InChI is InChI=1S/C19H22N4OS/c1-11-8-9-13(12(2)10-11)17-20-15-7-5-4-6-14(15)16-18(24-17)21-19(25-3)23-22-16/h4-8,12-13,17,20H,9-10H2,1-3H3/t12-,13+,17-/m1/s1. The number of hydrogen-bond donors (Lipinski definition) is 1. The van der Waals surface area contributed by atoms with Crippen LogP contribution in [0.2, 0.25) is 0 Å². The first-order valence-electron chi connectivity index (χ1n) is 8.62. The Hall–Kier alpha value is -2.08. The lowest BCUT2D eigenvalue weighted by molar-refractivity contribution is 0.114. The number of rotatable bonds is 2. The third-order valence-corrected chi connectivity index (χ3v) is 5.58. The molecule has 1 aromatic carbocycles. The quantitative estimate of drug-likeness (QED) is 0.638. The average molecular weight is 354 g/mol. The number of aromatic nitrogens is 3. The summed E-state index contributed by atoms with van der Waals surface area (Å²) in [6.07, 6.45) is 6.27. The van der Waals surface area contributed by atoms with Crippen LogP contribution < -0.4 is 10.1 Å². The molecule has 4 rings (SSSR count). The molecule has 0 saturated carbocycles. The van der Waals surface area contributed by atoms with Gasteiger partial charge in [-0.25, -0.2) is 0 Å². The summed E-state index contributed by atoms with van der Waals surface area (Å²) in [5.41, 5.74) is 4.19. The molecule has 5 nitrogen and oxygen atoms in total. The third-order valence-electron chi connectivity index (χ3n) is 5.04. The normalized spacial score (nSPS) is 24.9. The Kier molecular flexibility index (Phi) is 4.37. The van der Waals surface area contributed by atoms with Crippen molar-refractivity contribution >= 4 is 17.4 Å². The van der Waals surface area contributed by atoms with Gasteiger partial charge in [-0.05, 0) is 38.0 Å². The van der Waals surface area contributed by atoms with Crippen LogP contribution in [0.3, 0.4) is 0 Å². The highest BCUT2D eigenvalue weighted by atomic mass is 32.2. The van der Waals surface area contributed by atoms with E-state index in [0.717, 1.165) is 24.1 Å². The van der Waals surface area contributed by atoms with Gasteiger partial charge in [0.05, 0.1) is 0 Å². The average Bonchev–Trinajstić information content (AvgIpc) is 2.77. The minimum atomic E-state index is -0.131. The van der Waals surface area contributed by atoms with Crippen LogP contribution in [0, 0.1) is 11.8 Å². The molecule has 3 atom stereocenters. The Morgan fingerprint density at radius 2 is 2.08 bits per heavy atom. The van der Waals surface area contributed by atoms with Crippen molar-refractivity contribution in [2.24, 2.45) is 11.8 Å². The Morgan fingerprint density at radius 3 is 2.88 bits per heavy atom. The van der Waals surface area contributed by atoms with Crippen LogP contribution in [-0.4, -0.2) is 27.7 Å². The van der Waals surface area contributed by atoms with Crippen LogP contribution >= 0.6 is 11.8 Å². The van der Waals surface area contributed by atoms with Crippen molar-refractivity contribution in [3.8, 4) is 17.1 Å². The lowest BCUT2D eigenvalue weighted by atomic mass is 9.80. The van der Waals surface area contributed by atoms with Crippen molar-refractivity contribution in [1.29, 1.82) is 0 Å². The van der Waals surface area contributed by atoms with Gasteiger partial charge in [0.2, 0.25) is 11.0 Å². The maximum absolute atomic E-state index is 6.36. The Bertz CT molecular complexity index is 823. The minimum absolute atomic E-state index is 0.131. The van der Waals surface area contributed by atoms with Gasteiger partial charge in [0, 0.05) is 17.2 Å². The lowest BCUT2D eigenvalue weighted by Crippen LogP contribution is -2.39. The molecule has 0 bridgehead atoms. The summed E-state index contributed by atoms with van der Waals surface area (Å²) in [7, 11) is 0. The zero-order valence-electron chi connectivity index (χ0n) is 14.7. The number of benzene rings is 1. The molecule has 0 fully saturated rings. The number of nitrogens with zero attached hydrogens (tertiary/aromatic N) is 3. The van der Waals surface area contributed by atoms with Crippen molar-refractivity contribution in [2.45, 2.75) is 38.1 Å². The number of fused-ring (bicyclic) bond motifs is 3. The van der Waals surface area contributed by atoms with Crippen LogP contribution in [0.15, 0.2) is 41.1 Å². The smallest absolute Gasteiger partial charge is 0.247 e.